The lowest BCUT2D eigenvalue weighted by atomic mass is 9.94. The monoisotopic (exact) mass is 352 g/mol. The first-order chi connectivity index (χ1) is 13.1. The van der Waals surface area contributed by atoms with Crippen molar-refractivity contribution in [3.05, 3.63) is 65.9 Å². The van der Waals surface area contributed by atoms with Crippen molar-refractivity contribution < 1.29 is 13.7 Å². The van der Waals surface area contributed by atoms with E-state index in [1.807, 2.05) is 18.2 Å². The van der Waals surface area contributed by atoms with E-state index < -0.39 is 0 Å². The minimum Gasteiger partial charge on any atom is -0.456 e. The fourth-order valence-electron chi connectivity index (χ4n) is 4.41. The molecule has 0 atom stereocenters. The van der Waals surface area contributed by atoms with Gasteiger partial charge in [0.1, 0.15) is 35.1 Å². The molecule has 3 nitrogen and oxygen atoms in total. The highest BCUT2D eigenvalue weighted by atomic mass is 16.5. The van der Waals surface area contributed by atoms with Crippen LogP contribution in [0, 0.1) is 13.8 Å². The molecule has 3 aromatic carbocycles. The summed E-state index contributed by atoms with van der Waals surface area (Å²) in [5.41, 5.74) is 6.60. The van der Waals surface area contributed by atoms with Crippen LogP contribution >= 0.6 is 0 Å². The van der Waals surface area contributed by atoms with E-state index in [9.17, 15) is 0 Å². The van der Waals surface area contributed by atoms with Crippen molar-refractivity contribution in [3.63, 3.8) is 0 Å². The Morgan fingerprint density at radius 2 is 1.67 bits per heavy atom. The Morgan fingerprint density at radius 3 is 2.56 bits per heavy atom. The number of furan rings is 1. The first-order valence-electron chi connectivity index (χ1n) is 9.19. The largest absolute Gasteiger partial charge is 0.456 e. The molecule has 3 heteroatoms. The minimum atomic E-state index is 0.896. The average molecular weight is 352 g/mol. The molecule has 0 aliphatic carbocycles. The number of benzene rings is 3. The van der Waals surface area contributed by atoms with Crippen molar-refractivity contribution in [2.75, 3.05) is 0 Å². The van der Waals surface area contributed by atoms with Crippen LogP contribution in [0.5, 0.6) is 11.5 Å². The van der Waals surface area contributed by atoms with E-state index in [0.717, 1.165) is 49.8 Å². The minimum absolute atomic E-state index is 0.896. The number of aromatic nitrogens is 1. The van der Waals surface area contributed by atoms with Gasteiger partial charge in [0.15, 0.2) is 5.69 Å². The van der Waals surface area contributed by atoms with Gasteiger partial charge in [0.05, 0.1) is 5.56 Å². The number of para-hydroxylation sites is 1. The SMILES string of the molecule is Cc1cccc2c1-c1c3c(cc4c5ccccc5oc4c3cc(C)[n+]1C)O2. The van der Waals surface area contributed by atoms with Gasteiger partial charge in [0, 0.05) is 29.1 Å². The van der Waals surface area contributed by atoms with Crippen LogP contribution in [0.25, 0.3) is 44.0 Å². The van der Waals surface area contributed by atoms with E-state index in [1.54, 1.807) is 0 Å². The van der Waals surface area contributed by atoms with Crippen molar-refractivity contribution in [3.8, 4) is 22.8 Å². The molecule has 0 saturated heterocycles. The van der Waals surface area contributed by atoms with Crippen molar-refractivity contribution in [1.82, 2.24) is 0 Å². The molecule has 0 radical (unpaired) electrons. The lowest BCUT2D eigenvalue weighted by Gasteiger charge is -2.21. The molecule has 0 spiro atoms. The molecule has 1 aliphatic heterocycles. The van der Waals surface area contributed by atoms with E-state index in [-0.39, 0.29) is 0 Å². The summed E-state index contributed by atoms with van der Waals surface area (Å²) in [6, 6.07) is 18.8. The molecule has 3 heterocycles. The smallest absolute Gasteiger partial charge is 0.228 e. The molecular weight excluding hydrogens is 334 g/mol. The Hall–Kier alpha value is -3.33. The fraction of sp³-hybridized carbons (Fsp3) is 0.125. The van der Waals surface area contributed by atoms with Crippen LogP contribution in [0.1, 0.15) is 11.3 Å². The first-order valence-corrected chi connectivity index (χ1v) is 9.19. The zero-order valence-electron chi connectivity index (χ0n) is 15.5. The van der Waals surface area contributed by atoms with E-state index in [0.29, 0.717) is 0 Å². The van der Waals surface area contributed by atoms with Gasteiger partial charge in [-0.3, -0.25) is 0 Å². The van der Waals surface area contributed by atoms with E-state index in [1.165, 1.54) is 17.0 Å². The predicted molar refractivity (Wildman–Crippen MR) is 107 cm³/mol. The van der Waals surface area contributed by atoms with Gasteiger partial charge in [-0.2, -0.15) is 4.57 Å². The van der Waals surface area contributed by atoms with E-state index >= 15 is 0 Å². The van der Waals surface area contributed by atoms with Crippen LogP contribution in [-0.2, 0) is 7.05 Å². The molecule has 130 valence electrons. The van der Waals surface area contributed by atoms with Crippen molar-refractivity contribution in [2.24, 2.45) is 7.05 Å². The maximum absolute atomic E-state index is 6.40. The zero-order chi connectivity index (χ0) is 18.3. The molecule has 1 aliphatic rings. The standard InChI is InChI=1S/C24H18NO2/c1-13-7-6-10-19-21(13)23-22-17(11-14(2)25(23)3)24-16(12-20(22)26-19)15-8-4-5-9-18(15)27-24/h4-12H,1-3H3/q+1. The van der Waals surface area contributed by atoms with Gasteiger partial charge in [-0.25, -0.2) is 0 Å². The highest BCUT2D eigenvalue weighted by Gasteiger charge is 2.32. The number of rotatable bonds is 0. The van der Waals surface area contributed by atoms with Crippen LogP contribution in [0.4, 0.5) is 0 Å². The van der Waals surface area contributed by atoms with Crippen LogP contribution in [0.15, 0.2) is 59.0 Å². The molecule has 6 rings (SSSR count). The third-order valence-corrected chi connectivity index (χ3v) is 5.82. The molecule has 0 saturated carbocycles. The Bertz CT molecular complexity index is 1430. The number of aryl methyl sites for hydroxylation is 2. The first kappa shape index (κ1) is 14.8. The number of nitrogens with zero attached hydrogens (tertiary/aromatic N) is 1. The van der Waals surface area contributed by atoms with Gasteiger partial charge in [-0.1, -0.05) is 30.3 Å². The quantitative estimate of drug-likeness (QED) is 0.316. The van der Waals surface area contributed by atoms with Crippen molar-refractivity contribution in [2.45, 2.75) is 13.8 Å². The Labute approximate surface area is 156 Å². The topological polar surface area (TPSA) is 26.2 Å². The van der Waals surface area contributed by atoms with E-state index in [2.05, 4.69) is 61.9 Å². The van der Waals surface area contributed by atoms with Crippen LogP contribution < -0.4 is 9.30 Å². The second-order valence-electron chi connectivity index (χ2n) is 7.38. The average Bonchev–Trinajstić information content (AvgIpc) is 3.04. The predicted octanol–water partition coefficient (Wildman–Crippen LogP) is 5.95. The molecule has 0 amide bonds. The molecular formula is C24H18NO2+. The summed E-state index contributed by atoms with van der Waals surface area (Å²) < 4.78 is 14.9. The highest BCUT2D eigenvalue weighted by Crippen LogP contribution is 2.49. The maximum Gasteiger partial charge on any atom is 0.228 e. The van der Waals surface area contributed by atoms with Gasteiger partial charge in [-0.15, -0.1) is 0 Å². The summed E-state index contributed by atoms with van der Waals surface area (Å²) in [6.07, 6.45) is 0. The second kappa shape index (κ2) is 4.89. The number of hydrogen-bond acceptors (Lipinski definition) is 2. The van der Waals surface area contributed by atoms with Gasteiger partial charge >= 0.3 is 0 Å². The fourth-order valence-corrected chi connectivity index (χ4v) is 4.41. The van der Waals surface area contributed by atoms with Gasteiger partial charge in [0.2, 0.25) is 5.69 Å². The van der Waals surface area contributed by atoms with Crippen LogP contribution in [-0.4, -0.2) is 0 Å². The van der Waals surface area contributed by atoms with Gasteiger partial charge < -0.3 is 9.15 Å². The summed E-state index contributed by atoms with van der Waals surface area (Å²) in [7, 11) is 2.12. The number of pyridine rings is 1. The highest BCUT2D eigenvalue weighted by molar-refractivity contribution is 6.19. The summed E-state index contributed by atoms with van der Waals surface area (Å²) in [4.78, 5) is 0. The second-order valence-corrected chi connectivity index (χ2v) is 7.38. The Balaban J connectivity index is 1.91. The molecule has 0 N–H and O–H groups in total. The van der Waals surface area contributed by atoms with Crippen molar-refractivity contribution >= 4 is 32.7 Å². The lowest BCUT2D eigenvalue weighted by molar-refractivity contribution is -0.665. The van der Waals surface area contributed by atoms with Crippen LogP contribution in [0.2, 0.25) is 0 Å². The third-order valence-electron chi connectivity index (χ3n) is 5.82. The molecule has 0 fully saturated rings. The van der Waals surface area contributed by atoms with Crippen molar-refractivity contribution in [1.29, 1.82) is 0 Å². The molecule has 0 unspecified atom stereocenters. The van der Waals surface area contributed by atoms with E-state index in [4.69, 9.17) is 9.15 Å². The third kappa shape index (κ3) is 1.78. The Morgan fingerprint density at radius 1 is 0.815 bits per heavy atom. The number of hydrogen-bond donors (Lipinski definition) is 0. The summed E-state index contributed by atoms with van der Waals surface area (Å²) in [5, 5.41) is 4.45. The number of ether oxygens (including phenoxy) is 1. The molecule has 2 aromatic heterocycles. The maximum atomic E-state index is 6.40. The Kier molecular flexibility index (Phi) is 2.68. The lowest BCUT2D eigenvalue weighted by Crippen LogP contribution is -2.35. The molecule has 27 heavy (non-hydrogen) atoms. The number of fused-ring (bicyclic) bond motifs is 6. The summed E-state index contributed by atoms with van der Waals surface area (Å²) in [6.45, 7) is 4.28. The van der Waals surface area contributed by atoms with Gasteiger partial charge in [-0.05, 0) is 30.7 Å². The summed E-state index contributed by atoms with van der Waals surface area (Å²) in [5.74, 6) is 1.81. The molecule has 0 bridgehead atoms. The molecule has 5 aromatic rings. The normalized spacial score (nSPS) is 12.6. The van der Waals surface area contributed by atoms with Gasteiger partial charge in [0.25, 0.3) is 0 Å². The summed E-state index contributed by atoms with van der Waals surface area (Å²) >= 11 is 0. The zero-order valence-corrected chi connectivity index (χ0v) is 15.5. The van der Waals surface area contributed by atoms with Crippen LogP contribution in [0.3, 0.4) is 0 Å².